The van der Waals surface area contributed by atoms with E-state index in [0.29, 0.717) is 48.5 Å². The summed E-state index contributed by atoms with van der Waals surface area (Å²) < 4.78 is 5.40. The van der Waals surface area contributed by atoms with Crippen molar-refractivity contribution in [3.05, 3.63) is 91.1 Å². The number of pyridine rings is 1. The van der Waals surface area contributed by atoms with Crippen LogP contribution in [-0.4, -0.2) is 9.97 Å². The minimum atomic E-state index is -0.513. The molecule has 5 aromatic rings. The molecule has 3 aromatic heterocycles. The van der Waals surface area contributed by atoms with Crippen LogP contribution in [0.3, 0.4) is 0 Å². The molecular weight excluding hydrogens is 465 g/mol. The summed E-state index contributed by atoms with van der Waals surface area (Å²) in [7, 11) is 0. The Hall–Kier alpha value is -3.50. The number of allylic oxidation sites excluding steroid dienone is 1. The average molecular weight is 476 g/mol. The lowest BCUT2D eigenvalue weighted by atomic mass is 10.1. The normalized spacial score (nSPS) is 11.7. The maximum atomic E-state index is 12.5. The van der Waals surface area contributed by atoms with E-state index in [-0.39, 0.29) is 0 Å². The second kappa shape index (κ2) is 8.21. The number of nitriles is 1. The summed E-state index contributed by atoms with van der Waals surface area (Å²) in [6.07, 6.45) is 1.65. The lowest BCUT2D eigenvalue weighted by Crippen LogP contribution is -2.02. The summed E-state index contributed by atoms with van der Waals surface area (Å²) in [6.45, 7) is 0. The Labute approximate surface area is 195 Å². The van der Waals surface area contributed by atoms with Crippen LogP contribution in [0.2, 0.25) is 10.2 Å². The third-order valence-electron chi connectivity index (χ3n) is 4.83. The van der Waals surface area contributed by atoms with E-state index in [1.165, 1.54) is 11.3 Å². The van der Waals surface area contributed by atoms with E-state index < -0.39 is 5.63 Å². The highest BCUT2D eigenvalue weighted by atomic mass is 35.5. The van der Waals surface area contributed by atoms with Crippen molar-refractivity contribution < 1.29 is 4.42 Å². The first kappa shape index (κ1) is 20.4. The van der Waals surface area contributed by atoms with Crippen molar-refractivity contribution in [1.82, 2.24) is 9.97 Å². The molecule has 0 atom stereocenters. The first-order chi connectivity index (χ1) is 15.5. The fourth-order valence-electron chi connectivity index (χ4n) is 3.30. The molecule has 2 aromatic carbocycles. The molecule has 32 heavy (non-hydrogen) atoms. The van der Waals surface area contributed by atoms with E-state index in [0.717, 1.165) is 10.9 Å². The number of para-hydroxylation sites is 1. The van der Waals surface area contributed by atoms with Gasteiger partial charge in [0.2, 0.25) is 0 Å². The van der Waals surface area contributed by atoms with Gasteiger partial charge in [0.15, 0.2) is 0 Å². The quantitative estimate of drug-likeness (QED) is 0.162. The molecule has 0 unspecified atom stereocenters. The van der Waals surface area contributed by atoms with Crippen molar-refractivity contribution >= 4 is 68.1 Å². The zero-order valence-electron chi connectivity index (χ0n) is 16.2. The summed E-state index contributed by atoms with van der Waals surface area (Å²) in [4.78, 5) is 21.4. The van der Waals surface area contributed by atoms with Crippen molar-refractivity contribution in [3.63, 3.8) is 0 Å². The lowest BCUT2D eigenvalue weighted by molar-refractivity contribution is 0.563. The number of rotatable bonds is 3. The van der Waals surface area contributed by atoms with Crippen molar-refractivity contribution in [1.29, 1.82) is 5.26 Å². The smallest absolute Gasteiger partial charge is 0.345 e. The number of thiazole rings is 1. The second-order valence-corrected chi connectivity index (χ2v) is 8.55. The highest BCUT2D eigenvalue weighted by molar-refractivity contribution is 7.11. The molecule has 3 heterocycles. The molecule has 0 N–H and O–H groups in total. The van der Waals surface area contributed by atoms with Gasteiger partial charge in [-0.25, -0.2) is 14.8 Å². The van der Waals surface area contributed by atoms with Crippen LogP contribution < -0.4 is 5.63 Å². The fourth-order valence-corrected chi connectivity index (χ4v) is 4.47. The Morgan fingerprint density at radius 2 is 1.91 bits per heavy atom. The number of benzene rings is 2. The van der Waals surface area contributed by atoms with Gasteiger partial charge in [-0.1, -0.05) is 41.4 Å². The summed E-state index contributed by atoms with van der Waals surface area (Å²) in [5.74, 6) is 0. The Bertz CT molecular complexity index is 1650. The molecule has 0 spiro atoms. The second-order valence-electron chi connectivity index (χ2n) is 6.90. The minimum Gasteiger partial charge on any atom is -0.422 e. The Balaban J connectivity index is 1.57. The summed E-state index contributed by atoms with van der Waals surface area (Å²) >= 11 is 13.6. The van der Waals surface area contributed by atoms with Gasteiger partial charge in [0.05, 0.1) is 22.3 Å². The molecule has 5 rings (SSSR count). The molecule has 0 saturated heterocycles. The topological polar surface area (TPSA) is 79.8 Å². The molecule has 0 fully saturated rings. The van der Waals surface area contributed by atoms with Crippen molar-refractivity contribution in [2.24, 2.45) is 0 Å². The minimum absolute atomic E-state index is 0.292. The van der Waals surface area contributed by atoms with Crippen LogP contribution in [0.4, 0.5) is 0 Å². The molecule has 0 saturated carbocycles. The monoisotopic (exact) mass is 475 g/mol. The average Bonchev–Trinajstić information content (AvgIpc) is 3.27. The van der Waals surface area contributed by atoms with Crippen LogP contribution in [0.5, 0.6) is 0 Å². The standard InChI is InChI=1S/C24H11Cl2N3O2S/c25-17-5-6-21-14(9-17)10-18(24(30)31-21)20-12-32-23(29-20)16(11-27)8-15-7-13-3-1-2-4-19(13)28-22(15)26/h1-10,12H. The molecule has 0 amide bonds. The molecule has 0 aliphatic rings. The maximum Gasteiger partial charge on any atom is 0.345 e. The molecular formula is C24H11Cl2N3O2S. The highest BCUT2D eigenvalue weighted by Crippen LogP contribution is 2.30. The molecule has 5 nitrogen and oxygen atoms in total. The van der Waals surface area contributed by atoms with Gasteiger partial charge in [0.25, 0.3) is 0 Å². The van der Waals surface area contributed by atoms with Crippen LogP contribution >= 0.6 is 34.5 Å². The third kappa shape index (κ3) is 3.78. The molecule has 0 bridgehead atoms. The van der Waals surface area contributed by atoms with Crippen molar-refractivity contribution in [2.45, 2.75) is 0 Å². The predicted molar refractivity (Wildman–Crippen MR) is 129 cm³/mol. The van der Waals surface area contributed by atoms with Crippen LogP contribution in [-0.2, 0) is 0 Å². The summed E-state index contributed by atoms with van der Waals surface area (Å²) in [5, 5.41) is 14.3. The molecule has 0 aliphatic carbocycles. The van der Waals surface area contributed by atoms with E-state index in [4.69, 9.17) is 27.6 Å². The number of aromatic nitrogens is 2. The molecule has 154 valence electrons. The zero-order chi connectivity index (χ0) is 22.2. The number of nitrogens with zero attached hydrogens (tertiary/aromatic N) is 3. The maximum absolute atomic E-state index is 12.5. The highest BCUT2D eigenvalue weighted by Gasteiger charge is 2.15. The molecule has 0 radical (unpaired) electrons. The summed E-state index contributed by atoms with van der Waals surface area (Å²) in [6, 6.07) is 18.3. The lowest BCUT2D eigenvalue weighted by Gasteiger charge is -2.03. The van der Waals surface area contributed by atoms with Gasteiger partial charge in [0, 0.05) is 26.7 Å². The first-order valence-electron chi connectivity index (χ1n) is 9.38. The Kier molecular flexibility index (Phi) is 5.24. The third-order valence-corrected chi connectivity index (χ3v) is 6.24. The van der Waals surface area contributed by atoms with Crippen molar-refractivity contribution in [2.75, 3.05) is 0 Å². The predicted octanol–water partition coefficient (Wildman–Crippen LogP) is 6.84. The van der Waals surface area contributed by atoms with Gasteiger partial charge in [0.1, 0.15) is 21.8 Å². The summed E-state index contributed by atoms with van der Waals surface area (Å²) in [5.41, 5.74) is 2.34. The molecule has 8 heteroatoms. The number of hydrogen-bond donors (Lipinski definition) is 0. The van der Waals surface area contributed by atoms with Gasteiger partial charge < -0.3 is 4.42 Å². The van der Waals surface area contributed by atoms with Gasteiger partial charge >= 0.3 is 5.63 Å². The van der Waals surface area contributed by atoms with Crippen LogP contribution in [0.1, 0.15) is 10.6 Å². The Morgan fingerprint density at radius 1 is 1.06 bits per heavy atom. The number of fused-ring (bicyclic) bond motifs is 2. The Morgan fingerprint density at radius 3 is 2.75 bits per heavy atom. The van der Waals surface area contributed by atoms with Crippen LogP contribution in [0, 0.1) is 11.3 Å². The van der Waals surface area contributed by atoms with Gasteiger partial charge in [-0.15, -0.1) is 11.3 Å². The van der Waals surface area contributed by atoms with E-state index in [1.54, 1.807) is 35.7 Å². The number of halogens is 2. The van der Waals surface area contributed by atoms with Crippen molar-refractivity contribution in [3.8, 4) is 17.3 Å². The SMILES string of the molecule is N#CC(=Cc1cc2ccccc2nc1Cl)c1nc(-c2cc3cc(Cl)ccc3oc2=O)cs1. The zero-order valence-corrected chi connectivity index (χ0v) is 18.5. The van der Waals surface area contributed by atoms with E-state index in [2.05, 4.69) is 16.0 Å². The van der Waals surface area contributed by atoms with E-state index in [9.17, 15) is 10.1 Å². The van der Waals surface area contributed by atoms with Gasteiger partial charge in [-0.3, -0.25) is 0 Å². The van der Waals surface area contributed by atoms with E-state index in [1.807, 2.05) is 30.3 Å². The fraction of sp³-hybridized carbons (Fsp3) is 0. The van der Waals surface area contributed by atoms with Gasteiger partial charge in [-0.05, 0) is 42.5 Å². The van der Waals surface area contributed by atoms with Gasteiger partial charge in [-0.2, -0.15) is 5.26 Å². The van der Waals surface area contributed by atoms with Crippen LogP contribution in [0.25, 0.3) is 44.8 Å². The van der Waals surface area contributed by atoms with E-state index >= 15 is 0 Å². The van der Waals surface area contributed by atoms with Crippen LogP contribution in [0.15, 0.2) is 69.2 Å². The molecule has 0 aliphatic heterocycles. The number of hydrogen-bond acceptors (Lipinski definition) is 6. The largest absolute Gasteiger partial charge is 0.422 e. The first-order valence-corrected chi connectivity index (χ1v) is 11.0.